The fourth-order valence-electron chi connectivity index (χ4n) is 3.07. The van der Waals surface area contributed by atoms with Gasteiger partial charge in [0.15, 0.2) is 0 Å². The van der Waals surface area contributed by atoms with Gasteiger partial charge < -0.3 is 5.32 Å². The topological polar surface area (TPSA) is 15.3 Å². The summed E-state index contributed by atoms with van der Waals surface area (Å²) in [5.74, 6) is 0.707. The van der Waals surface area contributed by atoms with Gasteiger partial charge in [-0.15, -0.1) is 0 Å². The highest BCUT2D eigenvalue weighted by atomic mass is 79.9. The van der Waals surface area contributed by atoms with E-state index in [1.807, 2.05) is 6.07 Å². The van der Waals surface area contributed by atoms with Crippen LogP contribution in [0.2, 0.25) is 5.02 Å². The van der Waals surface area contributed by atoms with Crippen LogP contribution in [0.4, 0.5) is 0 Å². The molecule has 2 atom stereocenters. The molecule has 2 unspecified atom stereocenters. The highest BCUT2D eigenvalue weighted by molar-refractivity contribution is 9.10. The first kappa shape index (κ1) is 13.9. The van der Waals surface area contributed by atoms with Gasteiger partial charge in [0.2, 0.25) is 0 Å². The molecule has 104 valence electrons. The van der Waals surface area contributed by atoms with Crippen LogP contribution >= 0.6 is 27.5 Å². The summed E-state index contributed by atoms with van der Waals surface area (Å²) in [6.07, 6.45) is 4.00. The lowest BCUT2D eigenvalue weighted by atomic mass is 9.93. The largest absolute Gasteiger partial charge is 0.314 e. The Kier molecular flexibility index (Phi) is 4.18. The van der Waals surface area contributed by atoms with Crippen molar-refractivity contribution in [2.75, 3.05) is 20.1 Å². The highest BCUT2D eigenvalue weighted by Gasteiger charge is 2.34. The van der Waals surface area contributed by atoms with Crippen molar-refractivity contribution in [2.24, 2.45) is 5.92 Å². The summed E-state index contributed by atoms with van der Waals surface area (Å²) in [5.41, 5.74) is 1.37. The van der Waals surface area contributed by atoms with Gasteiger partial charge in [-0.1, -0.05) is 17.7 Å². The molecule has 0 amide bonds. The van der Waals surface area contributed by atoms with Crippen molar-refractivity contribution in [3.8, 4) is 0 Å². The van der Waals surface area contributed by atoms with Crippen molar-refractivity contribution in [2.45, 2.75) is 31.3 Å². The van der Waals surface area contributed by atoms with Gasteiger partial charge >= 0.3 is 0 Å². The minimum Gasteiger partial charge on any atom is -0.314 e. The van der Waals surface area contributed by atoms with Crippen LogP contribution in [0.3, 0.4) is 0 Å². The summed E-state index contributed by atoms with van der Waals surface area (Å²) in [4.78, 5) is 2.47. The van der Waals surface area contributed by atoms with Crippen LogP contribution in [-0.2, 0) is 0 Å². The third kappa shape index (κ3) is 3.15. The molecule has 2 nitrogen and oxygen atoms in total. The minimum absolute atomic E-state index is 0.514. The minimum atomic E-state index is 0.514. The molecule has 0 aromatic heterocycles. The van der Waals surface area contributed by atoms with Gasteiger partial charge in [0, 0.05) is 23.1 Å². The summed E-state index contributed by atoms with van der Waals surface area (Å²) in [6, 6.07) is 7.66. The van der Waals surface area contributed by atoms with E-state index in [9.17, 15) is 0 Å². The Labute approximate surface area is 128 Å². The Morgan fingerprint density at radius 3 is 2.84 bits per heavy atom. The molecule has 1 aromatic rings. The van der Waals surface area contributed by atoms with Gasteiger partial charge in [0.1, 0.15) is 0 Å². The summed E-state index contributed by atoms with van der Waals surface area (Å²) < 4.78 is 1.00. The Bertz CT molecular complexity index is 461. The second-order valence-electron chi connectivity index (χ2n) is 5.83. The normalized spacial score (nSPS) is 27.9. The third-order valence-corrected chi connectivity index (χ3v) is 5.52. The number of nitrogens with one attached hydrogen (secondary N) is 1. The van der Waals surface area contributed by atoms with Crippen LogP contribution in [0, 0.1) is 5.92 Å². The average molecular weight is 344 g/mol. The van der Waals surface area contributed by atoms with Crippen LogP contribution in [0.15, 0.2) is 22.7 Å². The van der Waals surface area contributed by atoms with Crippen LogP contribution in [0.1, 0.15) is 30.9 Å². The van der Waals surface area contributed by atoms with Gasteiger partial charge in [0.25, 0.3) is 0 Å². The summed E-state index contributed by atoms with van der Waals surface area (Å²) >= 11 is 9.64. The Morgan fingerprint density at radius 1 is 1.37 bits per heavy atom. The van der Waals surface area contributed by atoms with Crippen molar-refractivity contribution in [1.82, 2.24) is 10.2 Å². The van der Waals surface area contributed by atoms with E-state index in [4.69, 9.17) is 11.6 Å². The molecule has 0 spiro atoms. The molecular formula is C15H20BrClN2. The van der Waals surface area contributed by atoms with Gasteiger partial charge in [0.05, 0.1) is 5.02 Å². The molecule has 1 saturated heterocycles. The van der Waals surface area contributed by atoms with E-state index >= 15 is 0 Å². The molecule has 1 N–H and O–H groups in total. The van der Waals surface area contributed by atoms with Gasteiger partial charge in [-0.05, 0) is 72.4 Å². The number of nitrogens with zero attached hydrogens (tertiary/aromatic N) is 1. The van der Waals surface area contributed by atoms with Crippen LogP contribution in [0.5, 0.6) is 0 Å². The van der Waals surface area contributed by atoms with Crippen molar-refractivity contribution in [1.29, 1.82) is 0 Å². The lowest BCUT2D eigenvalue weighted by Gasteiger charge is -2.26. The maximum absolute atomic E-state index is 6.10. The van der Waals surface area contributed by atoms with Crippen LogP contribution < -0.4 is 5.32 Å². The van der Waals surface area contributed by atoms with Crippen molar-refractivity contribution >= 4 is 27.5 Å². The first-order valence-corrected chi connectivity index (χ1v) is 8.21. The Balaban J connectivity index is 1.75. The monoisotopic (exact) mass is 342 g/mol. The number of benzene rings is 1. The van der Waals surface area contributed by atoms with E-state index in [2.05, 4.69) is 45.3 Å². The smallest absolute Gasteiger partial charge is 0.0548 e. The molecule has 3 rings (SSSR count). The molecule has 1 heterocycles. The SMILES string of the molecule is CN1CCC(CNC2CC2)C1c1ccc(Cl)c(Br)c1. The Hall–Kier alpha value is -0.0900. The quantitative estimate of drug-likeness (QED) is 0.893. The predicted molar refractivity (Wildman–Crippen MR) is 83.7 cm³/mol. The van der Waals surface area contributed by atoms with E-state index < -0.39 is 0 Å². The molecule has 1 aliphatic heterocycles. The number of hydrogen-bond acceptors (Lipinski definition) is 2. The lowest BCUT2D eigenvalue weighted by molar-refractivity contribution is 0.271. The van der Waals surface area contributed by atoms with E-state index in [0.717, 1.165) is 22.1 Å². The number of likely N-dealkylation sites (tertiary alicyclic amines) is 1. The summed E-state index contributed by atoms with van der Waals surface area (Å²) in [6.45, 7) is 2.32. The summed E-state index contributed by atoms with van der Waals surface area (Å²) in [5, 5.41) is 4.47. The van der Waals surface area contributed by atoms with Gasteiger partial charge in [-0.3, -0.25) is 4.90 Å². The fourth-order valence-corrected chi connectivity index (χ4v) is 3.58. The zero-order chi connectivity index (χ0) is 13.4. The van der Waals surface area contributed by atoms with E-state index in [1.165, 1.54) is 31.4 Å². The van der Waals surface area contributed by atoms with Crippen LogP contribution in [-0.4, -0.2) is 31.1 Å². The Morgan fingerprint density at radius 2 is 2.16 bits per heavy atom. The van der Waals surface area contributed by atoms with E-state index in [1.54, 1.807) is 0 Å². The molecule has 0 bridgehead atoms. The highest BCUT2D eigenvalue weighted by Crippen LogP contribution is 2.38. The summed E-state index contributed by atoms with van der Waals surface area (Å²) in [7, 11) is 2.23. The zero-order valence-corrected chi connectivity index (χ0v) is 13.5. The second-order valence-corrected chi connectivity index (χ2v) is 7.09. The van der Waals surface area contributed by atoms with E-state index in [-0.39, 0.29) is 0 Å². The van der Waals surface area contributed by atoms with E-state index in [0.29, 0.717) is 12.0 Å². The first-order chi connectivity index (χ1) is 9.15. The van der Waals surface area contributed by atoms with Gasteiger partial charge in [-0.25, -0.2) is 0 Å². The number of rotatable bonds is 4. The number of hydrogen-bond donors (Lipinski definition) is 1. The molecule has 1 aliphatic carbocycles. The molecule has 1 aromatic carbocycles. The maximum atomic E-state index is 6.10. The van der Waals surface area contributed by atoms with Gasteiger partial charge in [-0.2, -0.15) is 0 Å². The molecule has 0 radical (unpaired) electrons. The molecule has 2 fully saturated rings. The van der Waals surface area contributed by atoms with Crippen molar-refractivity contribution in [3.05, 3.63) is 33.3 Å². The van der Waals surface area contributed by atoms with Crippen LogP contribution in [0.25, 0.3) is 0 Å². The predicted octanol–water partition coefficient (Wildman–Crippen LogP) is 3.85. The van der Waals surface area contributed by atoms with Crippen molar-refractivity contribution < 1.29 is 0 Å². The number of halogens is 2. The maximum Gasteiger partial charge on any atom is 0.0548 e. The zero-order valence-electron chi connectivity index (χ0n) is 11.2. The third-order valence-electron chi connectivity index (χ3n) is 4.31. The average Bonchev–Trinajstić information content (AvgIpc) is 3.14. The molecule has 1 saturated carbocycles. The lowest BCUT2D eigenvalue weighted by Crippen LogP contribution is -2.29. The fraction of sp³-hybridized carbons (Fsp3) is 0.600. The standard InChI is InChI=1S/C15H20BrClN2/c1-19-7-6-11(9-18-12-3-4-12)15(19)10-2-5-14(17)13(16)8-10/h2,5,8,11-12,15,18H,3-4,6-7,9H2,1H3. The molecular weight excluding hydrogens is 324 g/mol. The second kappa shape index (κ2) is 5.72. The first-order valence-electron chi connectivity index (χ1n) is 7.03. The van der Waals surface area contributed by atoms with Crippen molar-refractivity contribution in [3.63, 3.8) is 0 Å². The molecule has 2 aliphatic rings. The molecule has 4 heteroatoms. The molecule has 19 heavy (non-hydrogen) atoms.